The quantitative estimate of drug-likeness (QED) is 0.121. The van der Waals surface area contributed by atoms with Crippen molar-refractivity contribution in [2.45, 2.75) is 0 Å². The van der Waals surface area contributed by atoms with E-state index in [0.717, 1.165) is 71.5 Å². The first-order valence-electron chi connectivity index (χ1n) is 60.8. The van der Waals surface area contributed by atoms with Crippen LogP contribution < -0.4 is 0 Å². The van der Waals surface area contributed by atoms with Gasteiger partial charge in [-0.05, 0) is 255 Å². The molecule has 0 saturated carbocycles. The van der Waals surface area contributed by atoms with Gasteiger partial charge in [-0.3, -0.25) is 0 Å². The van der Waals surface area contributed by atoms with Gasteiger partial charge < -0.3 is 17.7 Å². The van der Waals surface area contributed by atoms with Crippen molar-refractivity contribution in [1.29, 1.82) is 0 Å². The first-order valence-corrected chi connectivity index (χ1v) is 43.8. The van der Waals surface area contributed by atoms with Crippen molar-refractivity contribution in [2.24, 2.45) is 0 Å². The van der Waals surface area contributed by atoms with Crippen molar-refractivity contribution in [2.75, 3.05) is 0 Å². The van der Waals surface area contributed by atoms with Crippen LogP contribution in [0.1, 0.15) is 46.6 Å². The number of benzene rings is 24. The average molecular weight is 1770 g/mol. The van der Waals surface area contributed by atoms with E-state index in [-0.39, 0.29) is 117 Å². The third-order valence-electron chi connectivity index (χ3n) is 25.3. The highest BCUT2D eigenvalue weighted by molar-refractivity contribution is 6.30. The molecule has 0 N–H and O–H groups in total. The SMILES string of the molecule is [2H]c1c([2H])c([2H])c(-c2c3c([2H])c([2H])c([2H])c([2H])c3c(-c3ccc4oc5ccc(-c6cccc(-c7ccccc7)c6)cc5c4c3)c3c([2H])c([2H])c([2H])c([2H])c23)c([2H])c1[2H].[2H]c1c([2H])c([2H])c(-c2c3c([2H])c([2H])c([2H])c([2H])c3c(-c3ccc4oc5ccccc5c4c3-c3ccc(-c4ccccc4)cc3)c3c([2H])c([2H])c([2H])c([2H])c23)c([2H])c1[2H].[2H]c1c([2H])c([2H])c2c(-c3c(-c4ccc5c(c4)oc4ccccc45)ccc4oc5ccccc5c34)c3c([2H])c([2H])c([2H])c([2H])c3c(-c3ccccc3)c2c1[2H]. The van der Waals surface area contributed by atoms with E-state index in [0.29, 0.717) is 99.7 Å². The molecule has 28 aromatic rings. The molecule has 0 unspecified atom stereocenters. The third-order valence-corrected chi connectivity index (χ3v) is 25.3. The van der Waals surface area contributed by atoms with Gasteiger partial charge in [0, 0.05) is 54.2 Å². The number of para-hydroxylation sites is 3. The molecular formula is C132H82O4. The van der Waals surface area contributed by atoms with E-state index in [1.165, 1.54) is 0 Å². The molecule has 4 aromatic heterocycles. The van der Waals surface area contributed by atoms with Crippen molar-refractivity contribution in [3.63, 3.8) is 0 Å². The first-order chi connectivity index (χ1) is 81.6. The van der Waals surface area contributed by atoms with E-state index in [1.54, 1.807) is 54.6 Å². The molecule has 634 valence electrons. The van der Waals surface area contributed by atoms with Crippen LogP contribution in [-0.4, -0.2) is 0 Å². The molecule has 4 heterocycles. The van der Waals surface area contributed by atoms with Crippen LogP contribution in [0.2, 0.25) is 0 Å². The van der Waals surface area contributed by atoms with Crippen molar-refractivity contribution in [3.8, 4) is 122 Å². The molecular weight excluding hydrogens is 1650 g/mol. The topological polar surface area (TPSA) is 52.6 Å². The molecule has 0 saturated heterocycles. The molecule has 28 rings (SSSR count). The molecule has 0 amide bonds. The summed E-state index contributed by atoms with van der Waals surface area (Å²) in [6.45, 7) is 0. The number of hydrogen-bond donors (Lipinski definition) is 0. The summed E-state index contributed by atoms with van der Waals surface area (Å²) < 4.78 is 330. The molecule has 0 aliphatic heterocycles. The van der Waals surface area contributed by atoms with Crippen molar-refractivity contribution >= 4 is 152 Å². The Labute approximate surface area is 832 Å². The van der Waals surface area contributed by atoms with Gasteiger partial charge in [-0.25, -0.2) is 0 Å². The smallest absolute Gasteiger partial charge is 0.136 e. The first kappa shape index (κ1) is 51.6. The van der Waals surface area contributed by atoms with Crippen molar-refractivity contribution in [1.82, 2.24) is 0 Å². The fourth-order valence-electron chi connectivity index (χ4n) is 19.4. The maximum absolute atomic E-state index is 9.53. The predicted octanol–water partition coefficient (Wildman–Crippen LogP) is 37.9. The van der Waals surface area contributed by atoms with Crippen LogP contribution in [0.5, 0.6) is 0 Å². The average Bonchev–Trinajstić information content (AvgIpc) is 0.846. The van der Waals surface area contributed by atoms with Crippen LogP contribution >= 0.6 is 0 Å². The van der Waals surface area contributed by atoms with Crippen LogP contribution in [0, 0.1) is 0 Å². The van der Waals surface area contributed by atoms with Crippen LogP contribution in [0.15, 0.2) is 514 Å². The number of fused-ring (bicyclic) bond motifs is 18. The molecule has 0 atom stereocenters. The van der Waals surface area contributed by atoms with Crippen LogP contribution in [0.3, 0.4) is 0 Å². The second-order valence-corrected chi connectivity index (χ2v) is 32.8. The Morgan fingerprint density at radius 3 is 0.904 bits per heavy atom. The molecule has 4 nitrogen and oxygen atoms in total. The van der Waals surface area contributed by atoms with E-state index in [9.17, 15) is 16.4 Å². The molecule has 0 spiro atoms. The maximum atomic E-state index is 9.53. The summed E-state index contributed by atoms with van der Waals surface area (Å²) in [6, 6.07) is 71.4. The highest BCUT2D eigenvalue weighted by atomic mass is 16.3. The van der Waals surface area contributed by atoms with Gasteiger partial charge >= 0.3 is 0 Å². The molecule has 0 aliphatic rings. The highest BCUT2D eigenvalue weighted by Gasteiger charge is 2.28. The van der Waals surface area contributed by atoms with Gasteiger partial charge in [0.15, 0.2) is 0 Å². The zero-order valence-corrected chi connectivity index (χ0v) is 71.3. The van der Waals surface area contributed by atoms with Gasteiger partial charge in [-0.1, -0.05) is 418 Å². The molecule has 0 aliphatic carbocycles. The second-order valence-electron chi connectivity index (χ2n) is 32.8. The van der Waals surface area contributed by atoms with Crippen molar-refractivity contribution < 1.29 is 64.3 Å². The predicted molar refractivity (Wildman–Crippen MR) is 573 cm³/mol. The zero-order valence-electron chi connectivity index (χ0n) is 105. The molecule has 0 radical (unpaired) electrons. The van der Waals surface area contributed by atoms with Gasteiger partial charge in [-0.15, -0.1) is 0 Å². The van der Waals surface area contributed by atoms with E-state index < -0.39 is 192 Å². The summed E-state index contributed by atoms with van der Waals surface area (Å²) in [5.41, 5.74) is 14.0. The molecule has 0 fully saturated rings. The monoisotopic (exact) mass is 1760 g/mol. The van der Waals surface area contributed by atoms with Crippen molar-refractivity contribution in [3.05, 3.63) is 497 Å². The summed E-state index contributed by atoms with van der Waals surface area (Å²) in [5.74, 6) is 0. The summed E-state index contributed by atoms with van der Waals surface area (Å²) in [4.78, 5) is 0. The van der Waals surface area contributed by atoms with E-state index >= 15 is 0 Å². The Morgan fingerprint density at radius 2 is 0.412 bits per heavy atom. The largest absolute Gasteiger partial charge is 0.456 e. The summed E-state index contributed by atoms with van der Waals surface area (Å²) in [6.07, 6.45) is 0. The zero-order chi connectivity index (χ0) is 119. The Morgan fingerprint density at radius 1 is 0.125 bits per heavy atom. The lowest BCUT2D eigenvalue weighted by Gasteiger charge is -2.20. The molecule has 136 heavy (non-hydrogen) atoms. The molecule has 0 bridgehead atoms. The van der Waals surface area contributed by atoms with E-state index in [4.69, 9.17) is 47.8 Å². The van der Waals surface area contributed by atoms with Gasteiger partial charge in [-0.2, -0.15) is 0 Å². The molecule has 4 heteroatoms. The maximum Gasteiger partial charge on any atom is 0.136 e. The minimum absolute atomic E-state index is 0.0504. The fraction of sp³-hybridized carbons (Fsp3) is 0. The minimum Gasteiger partial charge on any atom is -0.456 e. The Hall–Kier alpha value is -18.0. The number of hydrogen-bond acceptors (Lipinski definition) is 4. The van der Waals surface area contributed by atoms with Crippen LogP contribution in [0.25, 0.3) is 275 Å². The highest BCUT2D eigenvalue weighted by Crippen LogP contribution is 2.55. The summed E-state index contributed by atoms with van der Waals surface area (Å²) >= 11 is 0. The van der Waals surface area contributed by atoms with Gasteiger partial charge in [0.25, 0.3) is 0 Å². The Kier molecular flexibility index (Phi) is 12.6. The number of furan rings is 4. The summed E-state index contributed by atoms with van der Waals surface area (Å²) in [5, 5.41) is 4.98. The number of rotatable bonds is 11. The Balaban J connectivity index is 0.000000124. The lowest BCUT2D eigenvalue weighted by molar-refractivity contribution is 0.668. The lowest BCUT2D eigenvalue weighted by Crippen LogP contribution is -1.93. The summed E-state index contributed by atoms with van der Waals surface area (Å²) in [7, 11) is 0. The van der Waals surface area contributed by atoms with Gasteiger partial charge in [0.2, 0.25) is 0 Å². The van der Waals surface area contributed by atoms with Gasteiger partial charge in [0.1, 0.15) is 44.7 Å². The second kappa shape index (κ2) is 33.1. The van der Waals surface area contributed by atoms with Crippen LogP contribution in [0.4, 0.5) is 0 Å². The van der Waals surface area contributed by atoms with Gasteiger partial charge in [0.05, 0.1) is 46.6 Å². The Bertz CT molecular complexity index is 11500. The molecule has 24 aromatic carbocycles. The van der Waals surface area contributed by atoms with E-state index in [1.807, 2.05) is 231 Å². The third kappa shape index (κ3) is 13.4. The standard InChI is InChI=1S/C44H26O2.2C44H28O/c1-2-12-27(13-3-1)41-32-15-4-6-17-34(32)42(35-18-7-5-16-33(35)41)44-29(24-25-39-43(44)36-19-9-11-21-38(36)45-39)28-22-23-31-30-14-8-10-20-37(30)46-40(31)26-28;1-3-13-29(14-4-1)30-23-25-32(26-24-30)42-38(27-28-40-44(42)37-21-11-12-22-39(37)45-40)43-35-19-9-7-17-33(35)41(31-15-5-2-6-16-31)34-18-8-10-20-36(34)43;1-3-12-29(13-4-1)31-16-11-17-32(26-31)33-22-24-41-39(27-33)40-28-34(23-25-42(40)45-41)44-37-20-9-7-18-35(37)43(30-14-5-2-6-15-30)36-19-8-10-21-38(36)44/h1-26H;2*1-28H/i4D,5D,6D,7D,15D,16D,17D,18D;2D,5D,6D,7D,8D,9D,10D,15D,16D,17D,18D,19D,20D;2D,5D,6D,7D,8D,9D,10D,14D,15D,18D,19D,20D,21D. The van der Waals surface area contributed by atoms with E-state index in [2.05, 4.69) is 6.07 Å². The normalized spacial score (nSPS) is 15.2. The lowest BCUT2D eigenvalue weighted by atomic mass is 9.82. The minimum atomic E-state index is -0.721. The van der Waals surface area contributed by atoms with Crippen LogP contribution in [-0.2, 0) is 0 Å². The fourth-order valence-corrected chi connectivity index (χ4v) is 19.4.